The second-order valence-corrected chi connectivity index (χ2v) is 4.14. The Hall–Kier alpha value is -2.57. The van der Waals surface area contributed by atoms with Crippen LogP contribution in [0.15, 0.2) is 24.3 Å². The summed E-state index contributed by atoms with van der Waals surface area (Å²) in [6.45, 7) is 1.96. The quantitative estimate of drug-likeness (QED) is 0.626. The molecule has 0 saturated carbocycles. The van der Waals surface area contributed by atoms with Gasteiger partial charge in [-0.3, -0.25) is 4.79 Å². The number of anilines is 1. The fourth-order valence-electron chi connectivity index (χ4n) is 1.57. The fraction of sp³-hybridized carbons (Fsp3) is 0.308. The Bertz CT molecular complexity index is 515. The molecule has 7 heteroatoms. The summed E-state index contributed by atoms with van der Waals surface area (Å²) in [5.41, 5.74) is 1.53. The predicted octanol–water partition coefficient (Wildman–Crippen LogP) is 1.30. The Morgan fingerprint density at radius 3 is 2.50 bits per heavy atom. The molecule has 0 aliphatic carbocycles. The minimum absolute atomic E-state index is 0.515. The van der Waals surface area contributed by atoms with Crippen molar-refractivity contribution < 1.29 is 24.6 Å². The number of amides is 2. The standard InChI is InChI=1S/C13H16N2O5/c1-2-8-4-3-5-9(6-8)14-13(20)15-10(12(18)19)7-11(16)17/h3-6,10H,2,7H2,1H3,(H,16,17)(H,18,19)(H2,14,15,20)/t10-/m0/s1. The molecule has 20 heavy (non-hydrogen) atoms. The zero-order valence-corrected chi connectivity index (χ0v) is 10.9. The number of aliphatic carboxylic acids is 2. The zero-order valence-electron chi connectivity index (χ0n) is 10.9. The van der Waals surface area contributed by atoms with E-state index in [1.165, 1.54) is 0 Å². The van der Waals surface area contributed by atoms with E-state index >= 15 is 0 Å². The normalized spacial score (nSPS) is 11.4. The maximum atomic E-state index is 11.6. The molecular weight excluding hydrogens is 264 g/mol. The van der Waals surface area contributed by atoms with Crippen molar-refractivity contribution in [1.29, 1.82) is 0 Å². The Labute approximate surface area is 115 Å². The lowest BCUT2D eigenvalue weighted by Gasteiger charge is -2.13. The Morgan fingerprint density at radius 1 is 1.25 bits per heavy atom. The van der Waals surface area contributed by atoms with E-state index in [0.717, 1.165) is 12.0 Å². The van der Waals surface area contributed by atoms with Gasteiger partial charge in [-0.2, -0.15) is 0 Å². The third-order valence-electron chi connectivity index (χ3n) is 2.58. The van der Waals surface area contributed by atoms with Crippen molar-refractivity contribution >= 4 is 23.7 Å². The molecule has 0 fully saturated rings. The topological polar surface area (TPSA) is 116 Å². The predicted molar refractivity (Wildman–Crippen MR) is 71.7 cm³/mol. The summed E-state index contributed by atoms with van der Waals surface area (Å²) in [7, 11) is 0. The molecule has 1 aromatic carbocycles. The van der Waals surface area contributed by atoms with Crippen LogP contribution in [0.2, 0.25) is 0 Å². The molecular formula is C13H16N2O5. The summed E-state index contributed by atoms with van der Waals surface area (Å²) in [4.78, 5) is 32.9. The molecule has 0 saturated heterocycles. The van der Waals surface area contributed by atoms with Gasteiger partial charge in [-0.15, -0.1) is 0 Å². The summed E-state index contributed by atoms with van der Waals surface area (Å²) in [6, 6.07) is 4.85. The highest BCUT2D eigenvalue weighted by atomic mass is 16.4. The van der Waals surface area contributed by atoms with Crippen molar-refractivity contribution in [3.8, 4) is 0 Å². The first kappa shape index (κ1) is 15.5. The Balaban J connectivity index is 2.65. The average Bonchev–Trinajstić information content (AvgIpc) is 2.37. The lowest BCUT2D eigenvalue weighted by atomic mass is 10.1. The van der Waals surface area contributed by atoms with Crippen molar-refractivity contribution in [2.75, 3.05) is 5.32 Å². The van der Waals surface area contributed by atoms with Gasteiger partial charge in [0.05, 0.1) is 6.42 Å². The number of hydrogen-bond donors (Lipinski definition) is 4. The minimum atomic E-state index is -1.47. The van der Waals surface area contributed by atoms with Gasteiger partial charge in [0.1, 0.15) is 6.04 Å². The van der Waals surface area contributed by atoms with E-state index in [9.17, 15) is 14.4 Å². The maximum Gasteiger partial charge on any atom is 0.326 e. The number of carboxylic acids is 2. The summed E-state index contributed by atoms with van der Waals surface area (Å²) in [5.74, 6) is -2.70. The van der Waals surface area contributed by atoms with Crippen LogP contribution in [0.25, 0.3) is 0 Å². The zero-order chi connectivity index (χ0) is 15.1. The molecule has 7 nitrogen and oxygen atoms in total. The first-order valence-corrected chi connectivity index (χ1v) is 6.03. The number of nitrogens with one attached hydrogen (secondary N) is 2. The lowest BCUT2D eigenvalue weighted by Crippen LogP contribution is -2.44. The molecule has 0 bridgehead atoms. The van der Waals surface area contributed by atoms with Gasteiger partial charge >= 0.3 is 18.0 Å². The van der Waals surface area contributed by atoms with Crippen LogP contribution in [0.3, 0.4) is 0 Å². The number of benzene rings is 1. The smallest absolute Gasteiger partial charge is 0.326 e. The van der Waals surface area contributed by atoms with Gasteiger partial charge in [-0.25, -0.2) is 9.59 Å². The number of urea groups is 1. The molecule has 0 aliphatic heterocycles. The molecule has 0 unspecified atom stereocenters. The summed E-state index contributed by atoms with van der Waals surface area (Å²) in [6.07, 6.45) is 0.117. The highest BCUT2D eigenvalue weighted by molar-refractivity contribution is 5.93. The molecule has 2 amide bonds. The largest absolute Gasteiger partial charge is 0.481 e. The molecule has 0 radical (unpaired) electrons. The molecule has 108 valence electrons. The van der Waals surface area contributed by atoms with Crippen molar-refractivity contribution in [1.82, 2.24) is 5.32 Å². The first-order chi connectivity index (χ1) is 9.42. The Kier molecular flexibility index (Phi) is 5.52. The molecule has 1 rings (SSSR count). The van der Waals surface area contributed by atoms with Gasteiger partial charge in [0.15, 0.2) is 0 Å². The third kappa shape index (κ3) is 4.97. The van der Waals surface area contributed by atoms with Gasteiger partial charge in [0.2, 0.25) is 0 Å². The minimum Gasteiger partial charge on any atom is -0.481 e. The second kappa shape index (κ2) is 7.13. The van der Waals surface area contributed by atoms with Crippen molar-refractivity contribution in [2.24, 2.45) is 0 Å². The van der Waals surface area contributed by atoms with Crippen molar-refractivity contribution in [3.05, 3.63) is 29.8 Å². The van der Waals surface area contributed by atoms with Crippen LogP contribution in [0.4, 0.5) is 10.5 Å². The van der Waals surface area contributed by atoms with Crippen molar-refractivity contribution in [2.45, 2.75) is 25.8 Å². The number of rotatable bonds is 6. The molecule has 1 aromatic rings. The molecule has 0 aliphatic rings. The van der Waals surface area contributed by atoms with Crippen LogP contribution in [0, 0.1) is 0 Å². The lowest BCUT2D eigenvalue weighted by molar-refractivity contribution is -0.145. The van der Waals surface area contributed by atoms with Gasteiger partial charge in [-0.1, -0.05) is 19.1 Å². The van der Waals surface area contributed by atoms with Crippen LogP contribution >= 0.6 is 0 Å². The highest BCUT2D eigenvalue weighted by Gasteiger charge is 2.22. The van der Waals surface area contributed by atoms with E-state index in [4.69, 9.17) is 10.2 Å². The maximum absolute atomic E-state index is 11.6. The van der Waals surface area contributed by atoms with Crippen molar-refractivity contribution in [3.63, 3.8) is 0 Å². The van der Waals surface area contributed by atoms with Crippen LogP contribution < -0.4 is 10.6 Å². The summed E-state index contributed by atoms with van der Waals surface area (Å²) < 4.78 is 0. The molecule has 0 spiro atoms. The number of carboxylic acid groups (broad SMARTS) is 2. The van der Waals surface area contributed by atoms with E-state index in [0.29, 0.717) is 5.69 Å². The van der Waals surface area contributed by atoms with Crippen LogP contribution in [0.1, 0.15) is 18.9 Å². The number of carbonyl (C=O) groups is 3. The van der Waals surface area contributed by atoms with Gasteiger partial charge < -0.3 is 20.8 Å². The first-order valence-electron chi connectivity index (χ1n) is 6.03. The number of hydrogen-bond acceptors (Lipinski definition) is 3. The average molecular weight is 280 g/mol. The van der Waals surface area contributed by atoms with Gasteiger partial charge in [0, 0.05) is 5.69 Å². The van der Waals surface area contributed by atoms with E-state index in [2.05, 4.69) is 10.6 Å². The fourth-order valence-corrected chi connectivity index (χ4v) is 1.57. The van der Waals surface area contributed by atoms with E-state index in [1.54, 1.807) is 18.2 Å². The molecule has 0 heterocycles. The van der Waals surface area contributed by atoms with Crippen LogP contribution in [-0.4, -0.2) is 34.2 Å². The molecule has 4 N–H and O–H groups in total. The summed E-state index contributed by atoms with van der Waals surface area (Å²) in [5, 5.41) is 22.0. The van der Waals surface area contributed by atoms with E-state index < -0.39 is 30.4 Å². The third-order valence-corrected chi connectivity index (χ3v) is 2.58. The molecule has 1 atom stereocenters. The van der Waals surface area contributed by atoms with Gasteiger partial charge in [0.25, 0.3) is 0 Å². The highest BCUT2D eigenvalue weighted by Crippen LogP contribution is 2.11. The molecule has 0 aromatic heterocycles. The Morgan fingerprint density at radius 2 is 1.95 bits per heavy atom. The van der Waals surface area contributed by atoms with Crippen LogP contribution in [-0.2, 0) is 16.0 Å². The van der Waals surface area contributed by atoms with E-state index in [-0.39, 0.29) is 0 Å². The van der Waals surface area contributed by atoms with Crippen LogP contribution in [0.5, 0.6) is 0 Å². The number of aryl methyl sites for hydroxylation is 1. The number of carbonyl (C=O) groups excluding carboxylic acids is 1. The monoisotopic (exact) mass is 280 g/mol. The van der Waals surface area contributed by atoms with Gasteiger partial charge in [-0.05, 0) is 24.1 Å². The van der Waals surface area contributed by atoms with E-state index in [1.807, 2.05) is 13.0 Å². The SMILES string of the molecule is CCc1cccc(NC(=O)N[C@@H](CC(=O)O)C(=O)O)c1. The summed E-state index contributed by atoms with van der Waals surface area (Å²) >= 11 is 0. The second-order valence-electron chi connectivity index (χ2n) is 4.14.